The number of nitriles is 1. The summed E-state index contributed by atoms with van der Waals surface area (Å²) in [6.07, 6.45) is 2.15. The molecule has 1 rings (SSSR count). The Bertz CT molecular complexity index is 385. The number of alkyl halides is 1. The third-order valence-corrected chi connectivity index (χ3v) is 4.48. The van der Waals surface area contributed by atoms with Gasteiger partial charge < -0.3 is 4.74 Å². The molecule has 0 radical (unpaired) electrons. The Hall–Kier alpha value is -1.01. The number of hydrogen-bond donors (Lipinski definition) is 0. The molecule has 0 fully saturated rings. The van der Waals surface area contributed by atoms with Gasteiger partial charge >= 0.3 is 0 Å². The van der Waals surface area contributed by atoms with E-state index in [1.807, 2.05) is 12.1 Å². The highest BCUT2D eigenvalue weighted by Gasteiger charge is 2.25. The van der Waals surface area contributed by atoms with Crippen LogP contribution < -0.4 is 4.74 Å². The van der Waals surface area contributed by atoms with Gasteiger partial charge in [-0.25, -0.2) is 0 Å². The van der Waals surface area contributed by atoms with Crippen LogP contribution in [0.1, 0.15) is 32.3 Å². The number of ether oxygens (including phenoxy) is 1. The molecule has 2 nitrogen and oxygen atoms in total. The second-order valence-corrected chi connectivity index (χ2v) is 4.83. The average molecular weight is 296 g/mol. The van der Waals surface area contributed by atoms with Crippen molar-refractivity contribution in [2.75, 3.05) is 11.9 Å². The summed E-state index contributed by atoms with van der Waals surface area (Å²) in [5.41, 5.74) is 0.822. The summed E-state index contributed by atoms with van der Waals surface area (Å²) >= 11 is 3.56. The maximum Gasteiger partial charge on any atom is 0.120 e. The number of hydrogen-bond acceptors (Lipinski definition) is 2. The summed E-state index contributed by atoms with van der Waals surface area (Å²) in [5.74, 6) is 0.774. The molecule has 0 amide bonds. The van der Waals surface area contributed by atoms with Gasteiger partial charge in [-0.15, -0.1) is 0 Å². The van der Waals surface area contributed by atoms with Gasteiger partial charge in [0.15, 0.2) is 0 Å². The quantitative estimate of drug-likeness (QED) is 0.739. The lowest BCUT2D eigenvalue weighted by Crippen LogP contribution is -2.29. The Kier molecular flexibility index (Phi) is 5.50. The van der Waals surface area contributed by atoms with Gasteiger partial charge in [-0.3, -0.25) is 0 Å². The maximum atomic E-state index is 8.82. The zero-order valence-corrected chi connectivity index (χ0v) is 12.0. The normalized spacial score (nSPS) is 10.9. The molecule has 0 saturated heterocycles. The fraction of sp³-hybridized carbons (Fsp3) is 0.500. The Labute approximate surface area is 112 Å². The van der Waals surface area contributed by atoms with E-state index in [0.717, 1.165) is 23.9 Å². The van der Waals surface area contributed by atoms with Crippen LogP contribution in [0.3, 0.4) is 0 Å². The molecule has 0 aliphatic heterocycles. The first kappa shape index (κ1) is 14.1. The minimum absolute atomic E-state index is 0.183. The third kappa shape index (κ3) is 3.74. The monoisotopic (exact) mass is 295 g/mol. The van der Waals surface area contributed by atoms with Crippen LogP contribution in [0, 0.1) is 16.7 Å². The molecule has 0 heterocycles. The highest BCUT2D eigenvalue weighted by molar-refractivity contribution is 9.09. The van der Waals surface area contributed by atoms with Crippen molar-refractivity contribution in [2.24, 2.45) is 5.41 Å². The van der Waals surface area contributed by atoms with Gasteiger partial charge in [-0.05, 0) is 31.0 Å². The lowest BCUT2D eigenvalue weighted by Gasteiger charge is -2.29. The summed E-state index contributed by atoms with van der Waals surface area (Å²) in [6.45, 7) is 5.04. The van der Waals surface area contributed by atoms with Crippen LogP contribution in [0.15, 0.2) is 24.3 Å². The smallest absolute Gasteiger partial charge is 0.120 e. The van der Waals surface area contributed by atoms with Crippen LogP contribution in [0.5, 0.6) is 5.75 Å². The van der Waals surface area contributed by atoms with Crippen LogP contribution in [-0.4, -0.2) is 11.9 Å². The van der Waals surface area contributed by atoms with E-state index < -0.39 is 0 Å². The molecule has 3 heteroatoms. The number of benzene rings is 1. The Morgan fingerprint density at radius 2 is 2.06 bits per heavy atom. The molecule has 1 aromatic carbocycles. The molecule has 0 bridgehead atoms. The van der Waals surface area contributed by atoms with E-state index in [1.54, 1.807) is 12.1 Å². The van der Waals surface area contributed by atoms with E-state index in [9.17, 15) is 0 Å². The topological polar surface area (TPSA) is 33.0 Å². The van der Waals surface area contributed by atoms with Gasteiger partial charge in [0, 0.05) is 10.7 Å². The Balaban J connectivity index is 2.69. The van der Waals surface area contributed by atoms with Gasteiger partial charge in [0.2, 0.25) is 0 Å². The SMILES string of the molecule is CCC(CC)(CBr)COc1cccc(C#N)c1. The minimum Gasteiger partial charge on any atom is -0.493 e. The highest BCUT2D eigenvalue weighted by Crippen LogP contribution is 2.29. The predicted molar refractivity (Wildman–Crippen MR) is 73.5 cm³/mol. The molecule has 0 aliphatic rings. The van der Waals surface area contributed by atoms with E-state index in [2.05, 4.69) is 35.8 Å². The lowest BCUT2D eigenvalue weighted by atomic mass is 9.86. The molecule has 0 atom stereocenters. The maximum absolute atomic E-state index is 8.82. The first-order valence-electron chi connectivity index (χ1n) is 5.88. The lowest BCUT2D eigenvalue weighted by molar-refractivity contribution is 0.158. The second kappa shape index (κ2) is 6.66. The van der Waals surface area contributed by atoms with Crippen LogP contribution in [0.25, 0.3) is 0 Å². The standard InChI is InChI=1S/C14H18BrNO/c1-3-14(4-2,10-15)11-17-13-7-5-6-12(8-13)9-16/h5-8H,3-4,10-11H2,1-2H3. The molecule has 0 spiro atoms. The van der Waals surface area contributed by atoms with Crippen molar-refractivity contribution in [3.63, 3.8) is 0 Å². The van der Waals surface area contributed by atoms with Gasteiger partial charge in [0.25, 0.3) is 0 Å². The fourth-order valence-electron chi connectivity index (χ4n) is 1.57. The van der Waals surface area contributed by atoms with E-state index in [4.69, 9.17) is 10.00 Å². The van der Waals surface area contributed by atoms with Crippen molar-refractivity contribution in [1.29, 1.82) is 5.26 Å². The van der Waals surface area contributed by atoms with Crippen molar-refractivity contribution in [2.45, 2.75) is 26.7 Å². The Morgan fingerprint density at radius 3 is 2.59 bits per heavy atom. The summed E-state index contributed by atoms with van der Waals surface area (Å²) in [4.78, 5) is 0. The number of nitrogens with zero attached hydrogens (tertiary/aromatic N) is 1. The second-order valence-electron chi connectivity index (χ2n) is 4.27. The van der Waals surface area contributed by atoms with Crippen molar-refractivity contribution >= 4 is 15.9 Å². The summed E-state index contributed by atoms with van der Waals surface area (Å²) in [6, 6.07) is 9.42. The van der Waals surface area contributed by atoms with Crippen molar-refractivity contribution in [3.05, 3.63) is 29.8 Å². The van der Waals surface area contributed by atoms with Crippen LogP contribution in [0.2, 0.25) is 0 Å². The van der Waals surface area contributed by atoms with Gasteiger partial charge in [-0.1, -0.05) is 35.8 Å². The number of rotatable bonds is 6. The average Bonchev–Trinajstić information content (AvgIpc) is 2.41. The van der Waals surface area contributed by atoms with Crippen LogP contribution >= 0.6 is 15.9 Å². The molecule has 0 aliphatic carbocycles. The molecule has 0 N–H and O–H groups in total. The van der Waals surface area contributed by atoms with E-state index >= 15 is 0 Å². The van der Waals surface area contributed by atoms with E-state index in [-0.39, 0.29) is 5.41 Å². The van der Waals surface area contributed by atoms with E-state index in [0.29, 0.717) is 12.2 Å². The third-order valence-electron chi connectivity index (χ3n) is 3.29. The summed E-state index contributed by atoms with van der Waals surface area (Å²) in [5, 5.41) is 9.75. The summed E-state index contributed by atoms with van der Waals surface area (Å²) < 4.78 is 5.81. The van der Waals surface area contributed by atoms with Crippen LogP contribution in [-0.2, 0) is 0 Å². The zero-order valence-electron chi connectivity index (χ0n) is 10.4. The Morgan fingerprint density at radius 1 is 1.35 bits per heavy atom. The van der Waals surface area contributed by atoms with Crippen molar-refractivity contribution < 1.29 is 4.74 Å². The molecular weight excluding hydrogens is 278 g/mol. The first-order valence-corrected chi connectivity index (χ1v) is 7.00. The summed E-state index contributed by atoms with van der Waals surface area (Å²) in [7, 11) is 0. The molecule has 17 heavy (non-hydrogen) atoms. The molecule has 0 aromatic heterocycles. The van der Waals surface area contributed by atoms with Gasteiger partial charge in [0.05, 0.1) is 18.2 Å². The van der Waals surface area contributed by atoms with Crippen molar-refractivity contribution in [1.82, 2.24) is 0 Å². The predicted octanol–water partition coefficient (Wildman–Crippen LogP) is 4.14. The molecule has 0 saturated carbocycles. The van der Waals surface area contributed by atoms with Gasteiger partial charge in [0.1, 0.15) is 5.75 Å². The number of halogens is 1. The van der Waals surface area contributed by atoms with E-state index in [1.165, 1.54) is 0 Å². The van der Waals surface area contributed by atoms with Crippen LogP contribution in [0.4, 0.5) is 0 Å². The molecular formula is C14H18BrNO. The van der Waals surface area contributed by atoms with Crippen molar-refractivity contribution in [3.8, 4) is 11.8 Å². The zero-order chi connectivity index (χ0) is 12.7. The first-order chi connectivity index (χ1) is 8.19. The fourth-order valence-corrected chi connectivity index (χ4v) is 2.53. The van der Waals surface area contributed by atoms with Gasteiger partial charge in [-0.2, -0.15) is 5.26 Å². The molecule has 92 valence electrons. The molecule has 0 unspecified atom stereocenters. The minimum atomic E-state index is 0.183. The largest absolute Gasteiger partial charge is 0.493 e. The highest BCUT2D eigenvalue weighted by atomic mass is 79.9. The molecule has 1 aromatic rings.